The zero-order valence-corrected chi connectivity index (χ0v) is 7.48. The van der Waals surface area contributed by atoms with Gasteiger partial charge in [0, 0.05) is 0 Å². The van der Waals surface area contributed by atoms with Crippen molar-refractivity contribution in [3.8, 4) is 0 Å². The number of halogens is 1. The monoisotopic (exact) mass is 199 g/mol. The summed E-state index contributed by atoms with van der Waals surface area (Å²) >= 11 is 3.35. The minimum absolute atomic E-state index is 0.291. The molecule has 0 amide bonds. The Kier molecular flexibility index (Phi) is 2.33. The fourth-order valence-corrected chi connectivity index (χ4v) is 1.18. The van der Waals surface area contributed by atoms with Crippen molar-refractivity contribution in [2.45, 2.75) is 13.0 Å². The van der Waals surface area contributed by atoms with E-state index >= 15 is 0 Å². The minimum Gasteiger partial charge on any atom is -0.369 e. The average molecular weight is 200 g/mol. The van der Waals surface area contributed by atoms with Crippen molar-refractivity contribution in [1.82, 2.24) is 5.32 Å². The van der Waals surface area contributed by atoms with Crippen molar-refractivity contribution in [3.63, 3.8) is 0 Å². The molecule has 1 nitrogen and oxygen atoms in total. The van der Waals surface area contributed by atoms with Gasteiger partial charge >= 0.3 is 0 Å². The van der Waals surface area contributed by atoms with Crippen LogP contribution in [0.25, 0.3) is 0 Å². The van der Waals surface area contributed by atoms with Gasteiger partial charge in [0.15, 0.2) is 0 Å². The highest BCUT2D eigenvalue weighted by Gasteiger charge is 2.06. The zero-order chi connectivity index (χ0) is 7.56. The van der Waals surface area contributed by atoms with Gasteiger partial charge < -0.3 is 5.32 Å². The third-order valence-corrected chi connectivity index (χ3v) is 1.86. The van der Waals surface area contributed by atoms with E-state index in [9.17, 15) is 0 Å². The van der Waals surface area contributed by atoms with Crippen molar-refractivity contribution in [3.05, 3.63) is 35.0 Å². The minimum atomic E-state index is 0.291. The predicted octanol–water partition coefficient (Wildman–Crippen LogP) is 2.33. The molecule has 54 valence electrons. The second-order valence-electron chi connectivity index (χ2n) is 2.37. The Labute approximate surface area is 69.6 Å². The Balaban J connectivity index is 2.64. The maximum absolute atomic E-state index is 3.85. The Hall–Kier alpha value is -0.500. The summed E-state index contributed by atoms with van der Waals surface area (Å²) in [7, 11) is 0. The first-order valence-electron chi connectivity index (χ1n) is 3.16. The maximum Gasteiger partial charge on any atom is 0.0787 e. The third kappa shape index (κ3) is 1.74. The molecule has 0 fully saturated rings. The van der Waals surface area contributed by atoms with E-state index in [2.05, 4.69) is 33.9 Å². The molecule has 0 radical (unpaired) electrons. The van der Waals surface area contributed by atoms with Crippen LogP contribution in [-0.4, -0.2) is 6.04 Å². The van der Waals surface area contributed by atoms with Crippen LogP contribution in [0.5, 0.6) is 0 Å². The Morgan fingerprint density at radius 3 is 2.90 bits per heavy atom. The normalized spacial score (nSPS) is 23.4. The fourth-order valence-electron chi connectivity index (χ4n) is 0.783. The van der Waals surface area contributed by atoms with Crippen LogP contribution in [0.4, 0.5) is 0 Å². The topological polar surface area (TPSA) is 12.0 Å². The number of rotatable bonds is 1. The van der Waals surface area contributed by atoms with Crippen molar-refractivity contribution in [1.29, 1.82) is 0 Å². The lowest BCUT2D eigenvalue weighted by atomic mass is 10.1. The van der Waals surface area contributed by atoms with E-state index in [1.165, 1.54) is 0 Å². The number of dihydropyridines is 1. The van der Waals surface area contributed by atoms with Crippen LogP contribution in [0.2, 0.25) is 0 Å². The van der Waals surface area contributed by atoms with Crippen LogP contribution >= 0.6 is 15.9 Å². The summed E-state index contributed by atoms with van der Waals surface area (Å²) < 4.78 is 1.02. The first-order chi connectivity index (χ1) is 4.70. The van der Waals surface area contributed by atoms with Crippen LogP contribution in [0.15, 0.2) is 35.0 Å². The van der Waals surface area contributed by atoms with Gasteiger partial charge in [-0.1, -0.05) is 24.3 Å². The lowest BCUT2D eigenvalue weighted by Gasteiger charge is -2.18. The molecule has 1 aliphatic heterocycles. The third-order valence-electron chi connectivity index (χ3n) is 1.37. The summed E-state index contributed by atoms with van der Waals surface area (Å²) in [6, 6.07) is 0.291. The molecule has 2 heteroatoms. The van der Waals surface area contributed by atoms with Gasteiger partial charge in [0.2, 0.25) is 0 Å². The highest BCUT2D eigenvalue weighted by molar-refractivity contribution is 9.11. The van der Waals surface area contributed by atoms with Crippen molar-refractivity contribution >= 4 is 15.9 Å². The highest BCUT2D eigenvalue weighted by atomic mass is 79.9. The van der Waals surface area contributed by atoms with Gasteiger partial charge in [-0.15, -0.1) is 0 Å². The van der Waals surface area contributed by atoms with E-state index in [0.717, 1.165) is 10.2 Å². The molecule has 0 saturated carbocycles. The molecule has 1 unspecified atom stereocenters. The van der Waals surface area contributed by atoms with Gasteiger partial charge in [-0.3, -0.25) is 0 Å². The van der Waals surface area contributed by atoms with Crippen molar-refractivity contribution < 1.29 is 0 Å². The molecule has 1 rings (SSSR count). The molecular formula is C8H10BrN. The molecule has 1 atom stereocenters. The molecule has 0 aromatic carbocycles. The van der Waals surface area contributed by atoms with Gasteiger partial charge in [-0.2, -0.15) is 0 Å². The van der Waals surface area contributed by atoms with E-state index in [0.29, 0.717) is 6.04 Å². The van der Waals surface area contributed by atoms with Gasteiger partial charge in [-0.05, 0) is 28.9 Å². The zero-order valence-electron chi connectivity index (χ0n) is 5.89. The first-order valence-corrected chi connectivity index (χ1v) is 3.95. The average Bonchev–Trinajstić information content (AvgIpc) is 1.88. The summed E-state index contributed by atoms with van der Waals surface area (Å²) in [6.07, 6.45) is 6.06. The molecular weight excluding hydrogens is 190 g/mol. The molecule has 0 bridgehead atoms. The number of nitrogens with one attached hydrogen (secondary N) is 1. The molecule has 1 heterocycles. The van der Waals surface area contributed by atoms with Crippen LogP contribution in [-0.2, 0) is 0 Å². The lowest BCUT2D eigenvalue weighted by Crippen LogP contribution is -2.26. The molecule has 0 spiro atoms. The number of hydrogen-bond donors (Lipinski definition) is 1. The van der Waals surface area contributed by atoms with Gasteiger partial charge in [0.1, 0.15) is 0 Å². The van der Waals surface area contributed by atoms with Gasteiger partial charge in [-0.25, -0.2) is 0 Å². The van der Waals surface area contributed by atoms with Gasteiger partial charge in [0.25, 0.3) is 0 Å². The van der Waals surface area contributed by atoms with Crippen molar-refractivity contribution in [2.75, 3.05) is 0 Å². The van der Waals surface area contributed by atoms with E-state index < -0.39 is 0 Å². The van der Waals surface area contributed by atoms with Crippen LogP contribution < -0.4 is 5.32 Å². The summed E-state index contributed by atoms with van der Waals surface area (Å²) in [5, 5.41) is 3.21. The second-order valence-corrected chi connectivity index (χ2v) is 3.22. The van der Waals surface area contributed by atoms with Crippen LogP contribution in [0.3, 0.4) is 0 Å². The quantitative estimate of drug-likeness (QED) is 0.506. The number of hydrogen-bond acceptors (Lipinski definition) is 1. The standard InChI is InChI=1S/C8H10BrN/c1-6(2)7-4-3-5-8(9)10-7/h3-5,7,10H,1H2,2H3. The molecule has 1 aliphatic rings. The summed E-state index contributed by atoms with van der Waals surface area (Å²) in [5.74, 6) is 0. The van der Waals surface area contributed by atoms with Gasteiger partial charge in [0.05, 0.1) is 10.6 Å². The molecule has 0 saturated heterocycles. The summed E-state index contributed by atoms with van der Waals surface area (Å²) in [4.78, 5) is 0. The smallest absolute Gasteiger partial charge is 0.0787 e. The van der Waals surface area contributed by atoms with Crippen molar-refractivity contribution in [2.24, 2.45) is 0 Å². The van der Waals surface area contributed by atoms with E-state index in [1.807, 2.05) is 19.1 Å². The Morgan fingerprint density at radius 2 is 2.50 bits per heavy atom. The Morgan fingerprint density at radius 1 is 1.80 bits per heavy atom. The largest absolute Gasteiger partial charge is 0.369 e. The fraction of sp³-hybridized carbons (Fsp3) is 0.250. The van der Waals surface area contributed by atoms with Crippen LogP contribution in [0.1, 0.15) is 6.92 Å². The highest BCUT2D eigenvalue weighted by Crippen LogP contribution is 2.11. The molecule has 1 N–H and O–H groups in total. The number of allylic oxidation sites excluding steroid dienone is 2. The first kappa shape index (κ1) is 7.61. The van der Waals surface area contributed by atoms with Crippen LogP contribution in [0, 0.1) is 0 Å². The Bertz CT molecular complexity index is 203. The maximum atomic E-state index is 3.85. The summed E-state index contributed by atoms with van der Waals surface area (Å²) in [6.45, 7) is 5.86. The molecule has 10 heavy (non-hydrogen) atoms. The SMILES string of the molecule is C=C(C)C1C=CC=C(Br)N1. The van der Waals surface area contributed by atoms with E-state index in [4.69, 9.17) is 0 Å². The van der Waals surface area contributed by atoms with E-state index in [-0.39, 0.29) is 0 Å². The molecule has 0 aromatic heterocycles. The lowest BCUT2D eigenvalue weighted by molar-refractivity contribution is 0.779. The van der Waals surface area contributed by atoms with E-state index in [1.54, 1.807) is 0 Å². The second kappa shape index (κ2) is 3.06. The summed E-state index contributed by atoms with van der Waals surface area (Å²) in [5.41, 5.74) is 1.13. The predicted molar refractivity (Wildman–Crippen MR) is 47.9 cm³/mol. The molecule has 0 aliphatic carbocycles. The molecule has 0 aromatic rings.